The highest BCUT2D eigenvalue weighted by molar-refractivity contribution is 7.10. The maximum atomic E-state index is 12.8. The van der Waals surface area contributed by atoms with Crippen LogP contribution >= 0.6 is 11.3 Å². The van der Waals surface area contributed by atoms with E-state index in [1.807, 2.05) is 37.4 Å². The average Bonchev–Trinajstić information content (AvgIpc) is 3.35. The number of carbonyl (C=O) groups excluding carboxylic acids is 1. The van der Waals surface area contributed by atoms with Crippen LogP contribution in [0.2, 0.25) is 0 Å². The van der Waals surface area contributed by atoms with E-state index in [0.29, 0.717) is 25.0 Å². The largest absolute Gasteiger partial charge is 0.354 e. The third-order valence-electron chi connectivity index (χ3n) is 4.86. The Morgan fingerprint density at radius 3 is 2.83 bits per heavy atom. The van der Waals surface area contributed by atoms with E-state index >= 15 is 0 Å². The molecular weight excluding hydrogens is 384 g/mol. The standard InChI is InChI=1S/C22H22N4O2S/c1-15-5-6-16(2)18(12-15)19-14-20-22(28)25(9-10-26(20)24-19)8-7-23-21(27)13-17-4-3-11-29-17/h3-6,9-12,14H,7-8,13H2,1-2H3,(H,23,27). The number of aryl methyl sites for hydroxylation is 2. The molecule has 0 aliphatic carbocycles. The number of hydrogen-bond donors (Lipinski definition) is 1. The molecule has 148 valence electrons. The summed E-state index contributed by atoms with van der Waals surface area (Å²) in [6, 6.07) is 11.9. The van der Waals surface area contributed by atoms with Crippen molar-refractivity contribution in [3.05, 3.63) is 80.5 Å². The molecular formula is C22H22N4O2S. The molecule has 0 fully saturated rings. The highest BCUT2D eigenvalue weighted by atomic mass is 32.1. The molecule has 3 heterocycles. The van der Waals surface area contributed by atoms with Crippen molar-refractivity contribution in [3.63, 3.8) is 0 Å². The zero-order chi connectivity index (χ0) is 20.4. The fraction of sp³-hybridized carbons (Fsp3) is 0.227. The average molecular weight is 407 g/mol. The first kappa shape index (κ1) is 19.1. The zero-order valence-corrected chi connectivity index (χ0v) is 17.2. The molecule has 0 saturated carbocycles. The summed E-state index contributed by atoms with van der Waals surface area (Å²) in [5, 5.41) is 9.40. The first-order valence-corrected chi connectivity index (χ1v) is 10.3. The number of carbonyl (C=O) groups is 1. The van der Waals surface area contributed by atoms with Crippen molar-refractivity contribution in [1.82, 2.24) is 19.5 Å². The molecule has 7 heteroatoms. The van der Waals surface area contributed by atoms with E-state index in [1.165, 1.54) is 0 Å². The lowest BCUT2D eigenvalue weighted by atomic mass is 10.0. The van der Waals surface area contributed by atoms with Gasteiger partial charge in [-0.2, -0.15) is 5.10 Å². The number of nitrogens with zero attached hydrogens (tertiary/aromatic N) is 3. The summed E-state index contributed by atoms with van der Waals surface area (Å²) in [7, 11) is 0. The summed E-state index contributed by atoms with van der Waals surface area (Å²) in [5.41, 5.74) is 4.48. The van der Waals surface area contributed by atoms with E-state index in [-0.39, 0.29) is 11.5 Å². The van der Waals surface area contributed by atoms with Crippen LogP contribution in [0.5, 0.6) is 0 Å². The highest BCUT2D eigenvalue weighted by Crippen LogP contribution is 2.23. The van der Waals surface area contributed by atoms with Gasteiger partial charge in [0.15, 0.2) is 0 Å². The molecule has 0 bridgehead atoms. The van der Waals surface area contributed by atoms with Crippen LogP contribution in [0.25, 0.3) is 16.8 Å². The van der Waals surface area contributed by atoms with Gasteiger partial charge in [-0.15, -0.1) is 11.3 Å². The first-order valence-electron chi connectivity index (χ1n) is 9.47. The number of benzene rings is 1. The first-order chi connectivity index (χ1) is 14.0. The van der Waals surface area contributed by atoms with E-state index in [0.717, 1.165) is 27.3 Å². The smallest absolute Gasteiger partial charge is 0.276 e. The molecule has 0 unspecified atom stereocenters. The number of nitrogens with one attached hydrogen (secondary N) is 1. The van der Waals surface area contributed by atoms with E-state index in [1.54, 1.807) is 32.8 Å². The van der Waals surface area contributed by atoms with Gasteiger partial charge in [0.25, 0.3) is 5.56 Å². The van der Waals surface area contributed by atoms with Crippen LogP contribution in [-0.2, 0) is 17.8 Å². The zero-order valence-electron chi connectivity index (χ0n) is 16.4. The molecule has 0 radical (unpaired) electrons. The second-order valence-electron chi connectivity index (χ2n) is 7.08. The van der Waals surface area contributed by atoms with Crippen LogP contribution in [0, 0.1) is 13.8 Å². The van der Waals surface area contributed by atoms with Crippen LogP contribution in [0.3, 0.4) is 0 Å². The van der Waals surface area contributed by atoms with Crippen LogP contribution in [0.1, 0.15) is 16.0 Å². The van der Waals surface area contributed by atoms with Gasteiger partial charge in [-0.25, -0.2) is 4.52 Å². The third kappa shape index (κ3) is 4.14. The lowest BCUT2D eigenvalue weighted by molar-refractivity contribution is -0.120. The minimum absolute atomic E-state index is 0.0388. The normalized spacial score (nSPS) is 11.1. The van der Waals surface area contributed by atoms with Crippen LogP contribution < -0.4 is 10.9 Å². The summed E-state index contributed by atoms with van der Waals surface area (Å²) in [6.07, 6.45) is 3.85. The van der Waals surface area contributed by atoms with Crippen molar-refractivity contribution in [1.29, 1.82) is 0 Å². The summed E-state index contributed by atoms with van der Waals surface area (Å²) >= 11 is 1.56. The minimum Gasteiger partial charge on any atom is -0.354 e. The molecule has 0 saturated heterocycles. The van der Waals surface area contributed by atoms with Gasteiger partial charge in [0, 0.05) is 35.9 Å². The van der Waals surface area contributed by atoms with Crippen molar-refractivity contribution < 1.29 is 4.79 Å². The number of fused-ring (bicyclic) bond motifs is 1. The Labute approximate surface area is 172 Å². The van der Waals surface area contributed by atoms with Gasteiger partial charge in [-0.05, 0) is 43.0 Å². The molecule has 1 amide bonds. The highest BCUT2D eigenvalue weighted by Gasteiger charge is 2.11. The number of rotatable bonds is 6. The van der Waals surface area contributed by atoms with Crippen molar-refractivity contribution in [2.45, 2.75) is 26.8 Å². The Morgan fingerprint density at radius 1 is 1.17 bits per heavy atom. The maximum Gasteiger partial charge on any atom is 0.276 e. The molecule has 0 spiro atoms. The second kappa shape index (κ2) is 8.05. The molecule has 0 aliphatic heterocycles. The Morgan fingerprint density at radius 2 is 2.03 bits per heavy atom. The van der Waals surface area contributed by atoms with Crippen molar-refractivity contribution in [2.24, 2.45) is 0 Å². The third-order valence-corrected chi connectivity index (χ3v) is 5.74. The predicted molar refractivity (Wildman–Crippen MR) is 115 cm³/mol. The lowest BCUT2D eigenvalue weighted by Crippen LogP contribution is -2.31. The summed E-state index contributed by atoms with van der Waals surface area (Å²) in [4.78, 5) is 25.9. The van der Waals surface area contributed by atoms with E-state index in [2.05, 4.69) is 28.6 Å². The molecule has 3 aromatic heterocycles. The van der Waals surface area contributed by atoms with Gasteiger partial charge >= 0.3 is 0 Å². The SMILES string of the molecule is Cc1ccc(C)c(-c2cc3c(=O)n(CCNC(=O)Cc4cccs4)ccn3n2)c1. The topological polar surface area (TPSA) is 68.4 Å². The summed E-state index contributed by atoms with van der Waals surface area (Å²) < 4.78 is 3.22. The number of thiophene rings is 1. The fourth-order valence-corrected chi connectivity index (χ4v) is 4.00. The van der Waals surface area contributed by atoms with Gasteiger partial charge in [0.05, 0.1) is 12.1 Å². The summed E-state index contributed by atoms with van der Waals surface area (Å²) in [6.45, 7) is 4.89. The van der Waals surface area contributed by atoms with Gasteiger partial charge < -0.3 is 9.88 Å². The molecule has 1 aromatic carbocycles. The second-order valence-corrected chi connectivity index (χ2v) is 8.11. The number of aromatic nitrogens is 3. The van der Waals surface area contributed by atoms with Gasteiger partial charge in [0.2, 0.25) is 5.91 Å². The van der Waals surface area contributed by atoms with Crippen LogP contribution in [0.4, 0.5) is 0 Å². The molecule has 0 atom stereocenters. The lowest BCUT2D eigenvalue weighted by Gasteiger charge is -2.07. The minimum atomic E-state index is -0.121. The van der Waals surface area contributed by atoms with E-state index in [9.17, 15) is 9.59 Å². The number of amides is 1. The quantitative estimate of drug-likeness (QED) is 0.535. The van der Waals surface area contributed by atoms with Crippen LogP contribution in [0.15, 0.2) is 59.0 Å². The Kier molecular flexibility index (Phi) is 5.31. The molecule has 4 rings (SSSR count). The molecule has 1 N–H and O–H groups in total. The van der Waals surface area contributed by atoms with Gasteiger partial charge in [-0.1, -0.05) is 23.8 Å². The Hall–Kier alpha value is -3.19. The fourth-order valence-electron chi connectivity index (χ4n) is 3.30. The van der Waals surface area contributed by atoms with Gasteiger partial charge in [-0.3, -0.25) is 9.59 Å². The van der Waals surface area contributed by atoms with E-state index < -0.39 is 0 Å². The summed E-state index contributed by atoms with van der Waals surface area (Å²) in [5.74, 6) is -0.0388. The van der Waals surface area contributed by atoms with Crippen molar-refractivity contribution >= 4 is 22.8 Å². The Bertz CT molecular complexity index is 1220. The monoisotopic (exact) mass is 406 g/mol. The van der Waals surface area contributed by atoms with Gasteiger partial charge in [0.1, 0.15) is 5.52 Å². The Balaban J connectivity index is 1.50. The van der Waals surface area contributed by atoms with Crippen molar-refractivity contribution in [3.8, 4) is 11.3 Å². The number of hydrogen-bond acceptors (Lipinski definition) is 4. The predicted octanol–water partition coefficient (Wildman–Crippen LogP) is 3.20. The molecule has 4 aromatic rings. The maximum absolute atomic E-state index is 12.8. The van der Waals surface area contributed by atoms with E-state index in [4.69, 9.17) is 0 Å². The molecule has 29 heavy (non-hydrogen) atoms. The van der Waals surface area contributed by atoms with Crippen LogP contribution in [-0.4, -0.2) is 26.6 Å². The molecule has 0 aliphatic rings. The van der Waals surface area contributed by atoms with Crippen molar-refractivity contribution in [2.75, 3.05) is 6.54 Å². The molecule has 6 nitrogen and oxygen atoms in total.